The maximum Gasteiger partial charge on any atom is 0.0406 e. The molecule has 103 valence electrons. The quantitative estimate of drug-likeness (QED) is 0.834. The lowest BCUT2D eigenvalue weighted by atomic mass is 10.1. The van der Waals surface area contributed by atoms with Crippen LogP contribution < -0.4 is 11.5 Å². The Bertz CT molecular complexity index is 411. The van der Waals surface area contributed by atoms with E-state index in [1.165, 1.54) is 11.1 Å². The molecule has 0 fully saturated rings. The predicted molar refractivity (Wildman–Crippen MR) is 85.2 cm³/mol. The van der Waals surface area contributed by atoms with Crippen LogP contribution in [-0.2, 0) is 0 Å². The van der Waals surface area contributed by atoms with Crippen molar-refractivity contribution in [3.8, 4) is 11.1 Å². The lowest BCUT2D eigenvalue weighted by Crippen LogP contribution is -1.87. The summed E-state index contributed by atoms with van der Waals surface area (Å²) in [5, 5.41) is 0.770. The van der Waals surface area contributed by atoms with E-state index in [0.29, 0.717) is 0 Å². The van der Waals surface area contributed by atoms with Crippen LogP contribution in [0.15, 0.2) is 48.5 Å². The molecule has 3 heteroatoms. The molecule has 0 aromatic heterocycles. The fourth-order valence-electron chi connectivity index (χ4n) is 1.22. The molecular formula is C16H22ClN2. The van der Waals surface area contributed by atoms with Crippen LogP contribution >= 0.6 is 11.6 Å². The topological polar surface area (TPSA) is 52.0 Å². The van der Waals surface area contributed by atoms with Crippen molar-refractivity contribution in [3.63, 3.8) is 0 Å². The lowest BCUT2D eigenvalue weighted by molar-refractivity contribution is 1.14. The average Bonchev–Trinajstić information content (AvgIpc) is 2.42. The first kappa shape index (κ1) is 17.6. The predicted octanol–water partition coefficient (Wildman–Crippen LogP) is 3.74. The highest BCUT2D eigenvalue weighted by atomic mass is 35.5. The van der Waals surface area contributed by atoms with Crippen molar-refractivity contribution in [2.24, 2.45) is 11.5 Å². The normalized spacial score (nSPS) is 8.68. The van der Waals surface area contributed by atoms with Crippen LogP contribution in [-0.4, -0.2) is 13.1 Å². The molecule has 0 heterocycles. The molecule has 1 radical (unpaired) electrons. The monoisotopic (exact) mass is 277 g/mol. The Morgan fingerprint density at radius 2 is 1.21 bits per heavy atom. The summed E-state index contributed by atoms with van der Waals surface area (Å²) >= 11 is 5.79. The Labute approximate surface area is 121 Å². The fraction of sp³-hybridized carbons (Fsp3) is 0.250. The Balaban J connectivity index is 0.000000465. The van der Waals surface area contributed by atoms with Crippen LogP contribution in [0, 0.1) is 6.07 Å². The zero-order valence-corrected chi connectivity index (χ0v) is 12.3. The lowest BCUT2D eigenvalue weighted by Gasteiger charge is -1.99. The maximum atomic E-state index is 5.79. The molecule has 0 aliphatic heterocycles. The van der Waals surface area contributed by atoms with Gasteiger partial charge in [0, 0.05) is 5.02 Å². The molecule has 0 bridgehead atoms. The summed E-state index contributed by atoms with van der Waals surface area (Å²) in [6.07, 6.45) is 0. The molecule has 0 spiro atoms. The average molecular weight is 278 g/mol. The van der Waals surface area contributed by atoms with Gasteiger partial charge in [-0.3, -0.25) is 0 Å². The van der Waals surface area contributed by atoms with E-state index in [1.807, 2.05) is 62.4 Å². The molecule has 19 heavy (non-hydrogen) atoms. The van der Waals surface area contributed by atoms with E-state index in [-0.39, 0.29) is 0 Å². The van der Waals surface area contributed by atoms with Gasteiger partial charge in [-0.2, -0.15) is 0 Å². The van der Waals surface area contributed by atoms with Crippen LogP contribution in [0.5, 0.6) is 0 Å². The van der Waals surface area contributed by atoms with E-state index in [4.69, 9.17) is 23.1 Å². The molecule has 2 aromatic carbocycles. The number of halogens is 1. The summed E-state index contributed by atoms with van der Waals surface area (Å²) in [5.41, 5.74) is 12.1. The molecule has 0 amide bonds. The highest BCUT2D eigenvalue weighted by molar-refractivity contribution is 6.30. The summed E-state index contributed by atoms with van der Waals surface area (Å²) in [4.78, 5) is 0. The van der Waals surface area contributed by atoms with Gasteiger partial charge < -0.3 is 11.5 Å². The van der Waals surface area contributed by atoms with Gasteiger partial charge in [-0.15, -0.1) is 0 Å². The van der Waals surface area contributed by atoms with Gasteiger partial charge in [0.2, 0.25) is 0 Å². The summed E-state index contributed by atoms with van der Waals surface area (Å²) in [6, 6.07) is 18.7. The van der Waals surface area contributed by atoms with E-state index >= 15 is 0 Å². The molecule has 0 saturated carbocycles. The zero-order chi connectivity index (χ0) is 14.5. The Morgan fingerprint density at radius 1 is 0.842 bits per heavy atom. The van der Waals surface area contributed by atoms with Gasteiger partial charge in [-0.1, -0.05) is 61.8 Å². The van der Waals surface area contributed by atoms with Crippen LogP contribution in [0.4, 0.5) is 0 Å². The first-order valence-electron chi connectivity index (χ1n) is 6.31. The number of hydrogen-bond acceptors (Lipinski definition) is 2. The van der Waals surface area contributed by atoms with Crippen molar-refractivity contribution in [1.82, 2.24) is 0 Å². The molecule has 2 nitrogen and oxygen atoms in total. The third kappa shape index (κ3) is 8.38. The Kier molecular flexibility index (Phi) is 10.9. The minimum Gasteiger partial charge on any atom is -0.331 e. The van der Waals surface area contributed by atoms with Crippen LogP contribution in [0.2, 0.25) is 5.02 Å². The standard InChI is InChI=1S/C12H8Cl.2C2H7N/c13-12-8-6-11(7-9-12)10-4-2-1-3-5-10;2*1-2-3/h2-9H;2*2-3H2,1H3. The first-order chi connectivity index (χ1) is 9.19. The highest BCUT2D eigenvalue weighted by Crippen LogP contribution is 2.20. The van der Waals surface area contributed by atoms with Gasteiger partial charge in [0.05, 0.1) is 0 Å². The van der Waals surface area contributed by atoms with Crippen LogP contribution in [0.1, 0.15) is 13.8 Å². The van der Waals surface area contributed by atoms with E-state index in [2.05, 4.69) is 6.07 Å². The second-order valence-corrected chi connectivity index (χ2v) is 4.05. The molecule has 2 aromatic rings. The van der Waals surface area contributed by atoms with E-state index in [0.717, 1.165) is 18.1 Å². The number of nitrogens with two attached hydrogens (primary N) is 2. The van der Waals surface area contributed by atoms with Crippen molar-refractivity contribution in [1.29, 1.82) is 0 Å². The minimum atomic E-state index is 0.750. The third-order valence-corrected chi connectivity index (χ3v) is 2.15. The minimum absolute atomic E-state index is 0.750. The van der Waals surface area contributed by atoms with Gasteiger partial charge in [-0.25, -0.2) is 0 Å². The number of benzene rings is 2. The fourth-order valence-corrected chi connectivity index (χ4v) is 1.35. The summed E-state index contributed by atoms with van der Waals surface area (Å²) in [5.74, 6) is 0. The van der Waals surface area contributed by atoms with E-state index in [9.17, 15) is 0 Å². The molecule has 2 rings (SSSR count). The largest absolute Gasteiger partial charge is 0.331 e. The molecule has 0 aliphatic carbocycles. The number of rotatable bonds is 1. The summed E-state index contributed by atoms with van der Waals surface area (Å²) < 4.78 is 0. The second kappa shape index (κ2) is 11.7. The van der Waals surface area contributed by atoms with Crippen molar-refractivity contribution in [2.75, 3.05) is 13.1 Å². The molecule has 0 aliphatic rings. The smallest absolute Gasteiger partial charge is 0.0406 e. The first-order valence-corrected chi connectivity index (χ1v) is 6.69. The summed E-state index contributed by atoms with van der Waals surface area (Å²) in [7, 11) is 0. The van der Waals surface area contributed by atoms with Crippen molar-refractivity contribution >= 4 is 11.6 Å². The molecular weight excluding hydrogens is 256 g/mol. The highest BCUT2D eigenvalue weighted by Gasteiger charge is 1.94. The van der Waals surface area contributed by atoms with E-state index in [1.54, 1.807) is 0 Å². The number of hydrogen-bond donors (Lipinski definition) is 2. The zero-order valence-electron chi connectivity index (χ0n) is 11.6. The summed E-state index contributed by atoms with van der Waals surface area (Å²) in [6.45, 7) is 5.31. The van der Waals surface area contributed by atoms with Crippen molar-refractivity contribution in [2.45, 2.75) is 13.8 Å². The molecule has 0 saturated heterocycles. The Hall–Kier alpha value is -1.35. The van der Waals surface area contributed by atoms with Gasteiger partial charge in [0.15, 0.2) is 0 Å². The Morgan fingerprint density at radius 3 is 1.63 bits per heavy atom. The molecule has 4 N–H and O–H groups in total. The molecule has 0 unspecified atom stereocenters. The van der Waals surface area contributed by atoms with Crippen molar-refractivity contribution in [3.05, 3.63) is 59.6 Å². The second-order valence-electron chi connectivity index (χ2n) is 3.61. The third-order valence-electron chi connectivity index (χ3n) is 1.90. The van der Waals surface area contributed by atoms with Crippen LogP contribution in [0.25, 0.3) is 11.1 Å². The van der Waals surface area contributed by atoms with Crippen molar-refractivity contribution < 1.29 is 0 Å². The van der Waals surface area contributed by atoms with Crippen LogP contribution in [0.3, 0.4) is 0 Å². The van der Waals surface area contributed by atoms with Gasteiger partial charge in [0.25, 0.3) is 0 Å². The van der Waals surface area contributed by atoms with Gasteiger partial charge in [-0.05, 0) is 42.4 Å². The van der Waals surface area contributed by atoms with Gasteiger partial charge in [0.1, 0.15) is 0 Å². The van der Waals surface area contributed by atoms with E-state index < -0.39 is 0 Å². The maximum absolute atomic E-state index is 5.79. The molecule has 0 atom stereocenters. The van der Waals surface area contributed by atoms with Gasteiger partial charge >= 0.3 is 0 Å². The SMILES string of the molecule is CCN.CCN.Clc1ccc(-c2cc[c]cc2)cc1.